The summed E-state index contributed by atoms with van der Waals surface area (Å²) in [5, 5.41) is 0. The van der Waals surface area contributed by atoms with E-state index in [4.69, 9.17) is 4.74 Å². The molecule has 0 aliphatic rings. The summed E-state index contributed by atoms with van der Waals surface area (Å²) in [6, 6.07) is 8.11. The number of rotatable bonds is 15. The molecule has 2 heteroatoms. The molecule has 0 N–H and O–H groups in total. The van der Waals surface area contributed by atoms with Gasteiger partial charge in [0.15, 0.2) is 5.78 Å². The summed E-state index contributed by atoms with van der Waals surface area (Å²) < 4.78 is 5.57. The van der Waals surface area contributed by atoms with Gasteiger partial charge >= 0.3 is 0 Å². The molecular weight excluding hydrogens is 320 g/mol. The highest BCUT2D eigenvalue weighted by molar-refractivity contribution is 6.01. The predicted octanol–water partition coefficient (Wildman–Crippen LogP) is 7.15. The zero-order valence-electron chi connectivity index (χ0n) is 17.6. The van der Waals surface area contributed by atoms with E-state index >= 15 is 0 Å². The second-order valence-corrected chi connectivity index (χ2v) is 7.90. The summed E-state index contributed by atoms with van der Waals surface area (Å²) in [6.07, 6.45) is 14.8. The number of hydrogen-bond donors (Lipinski definition) is 0. The molecule has 1 aromatic carbocycles. The van der Waals surface area contributed by atoms with Crippen molar-refractivity contribution < 1.29 is 9.53 Å². The van der Waals surface area contributed by atoms with E-state index in [-0.39, 0.29) is 5.78 Å². The molecule has 0 bridgehead atoms. The first kappa shape index (κ1) is 22.9. The summed E-state index contributed by atoms with van der Waals surface area (Å²) in [4.78, 5) is 12.5. The molecule has 148 valence electrons. The molecule has 0 aromatic heterocycles. The van der Waals surface area contributed by atoms with Crippen LogP contribution in [0.4, 0.5) is 0 Å². The van der Waals surface area contributed by atoms with Crippen LogP contribution in [0.15, 0.2) is 24.3 Å². The number of aryl methyl sites for hydroxylation is 1. The van der Waals surface area contributed by atoms with Gasteiger partial charge in [0.25, 0.3) is 0 Å². The number of Topliss-reactive ketones (excluding diaryl/α,β-unsaturated/α-hetero) is 1. The summed E-state index contributed by atoms with van der Waals surface area (Å²) >= 11 is 0. The van der Waals surface area contributed by atoms with Crippen molar-refractivity contribution in [3.63, 3.8) is 0 Å². The fourth-order valence-corrected chi connectivity index (χ4v) is 3.41. The third-order valence-electron chi connectivity index (χ3n) is 5.09. The molecule has 0 amide bonds. The first-order valence-electron chi connectivity index (χ1n) is 10.8. The van der Waals surface area contributed by atoms with Crippen molar-refractivity contribution in [3.05, 3.63) is 35.4 Å². The Kier molecular flexibility index (Phi) is 11.5. The highest BCUT2D eigenvalue weighted by atomic mass is 16.5. The SMILES string of the molecule is CCCCCCCCCCCCc1ccc(C(=O)C(C)(C)OCC)cc1. The van der Waals surface area contributed by atoms with E-state index in [0.717, 1.165) is 12.0 Å². The number of ether oxygens (including phenoxy) is 1. The van der Waals surface area contributed by atoms with Crippen LogP contribution in [-0.2, 0) is 11.2 Å². The lowest BCUT2D eigenvalue weighted by atomic mass is 9.95. The predicted molar refractivity (Wildman–Crippen MR) is 112 cm³/mol. The number of benzene rings is 1. The molecule has 2 nitrogen and oxygen atoms in total. The Morgan fingerprint density at radius 1 is 0.808 bits per heavy atom. The van der Waals surface area contributed by atoms with E-state index in [9.17, 15) is 4.79 Å². The van der Waals surface area contributed by atoms with Crippen LogP contribution in [-0.4, -0.2) is 18.0 Å². The van der Waals surface area contributed by atoms with E-state index in [1.807, 2.05) is 32.9 Å². The molecule has 0 spiro atoms. The molecule has 0 radical (unpaired) electrons. The Morgan fingerprint density at radius 2 is 1.31 bits per heavy atom. The smallest absolute Gasteiger partial charge is 0.194 e. The van der Waals surface area contributed by atoms with Gasteiger partial charge in [-0.25, -0.2) is 0 Å². The summed E-state index contributed by atoms with van der Waals surface area (Å²) in [7, 11) is 0. The quantitative estimate of drug-likeness (QED) is 0.245. The van der Waals surface area contributed by atoms with E-state index in [2.05, 4.69) is 19.1 Å². The molecule has 0 unspecified atom stereocenters. The fraction of sp³-hybridized carbons (Fsp3) is 0.708. The fourth-order valence-electron chi connectivity index (χ4n) is 3.41. The molecule has 1 aromatic rings. The molecule has 0 saturated heterocycles. The Labute approximate surface area is 161 Å². The maximum absolute atomic E-state index is 12.5. The minimum Gasteiger partial charge on any atom is -0.368 e. The topological polar surface area (TPSA) is 26.3 Å². The Morgan fingerprint density at radius 3 is 1.81 bits per heavy atom. The molecule has 0 atom stereocenters. The highest BCUT2D eigenvalue weighted by Gasteiger charge is 2.28. The van der Waals surface area contributed by atoms with Gasteiger partial charge < -0.3 is 4.74 Å². The van der Waals surface area contributed by atoms with Crippen molar-refractivity contribution >= 4 is 5.78 Å². The maximum Gasteiger partial charge on any atom is 0.194 e. The minimum atomic E-state index is -0.743. The molecule has 0 saturated carbocycles. The number of ketones is 1. The van der Waals surface area contributed by atoms with Crippen molar-refractivity contribution in [1.82, 2.24) is 0 Å². The van der Waals surface area contributed by atoms with Gasteiger partial charge in [-0.1, -0.05) is 89.0 Å². The number of carbonyl (C=O) groups excluding carboxylic acids is 1. The van der Waals surface area contributed by atoms with Crippen LogP contribution in [0.3, 0.4) is 0 Å². The minimum absolute atomic E-state index is 0.0600. The second kappa shape index (κ2) is 13.1. The van der Waals surface area contributed by atoms with E-state index in [1.165, 1.54) is 69.8 Å². The second-order valence-electron chi connectivity index (χ2n) is 7.90. The lowest BCUT2D eigenvalue weighted by molar-refractivity contribution is 0.00126. The van der Waals surface area contributed by atoms with Gasteiger partial charge in [0.05, 0.1) is 0 Å². The molecule has 0 heterocycles. The molecule has 0 fully saturated rings. The highest BCUT2D eigenvalue weighted by Crippen LogP contribution is 2.19. The Bertz CT molecular complexity index is 487. The molecule has 0 aliphatic carbocycles. The number of carbonyl (C=O) groups is 1. The number of hydrogen-bond acceptors (Lipinski definition) is 2. The third-order valence-corrected chi connectivity index (χ3v) is 5.09. The van der Waals surface area contributed by atoms with E-state index < -0.39 is 5.60 Å². The van der Waals surface area contributed by atoms with E-state index in [0.29, 0.717) is 6.61 Å². The van der Waals surface area contributed by atoms with Crippen LogP contribution in [0.2, 0.25) is 0 Å². The first-order valence-corrected chi connectivity index (χ1v) is 10.8. The first-order chi connectivity index (χ1) is 12.5. The Balaban J connectivity index is 2.20. The van der Waals surface area contributed by atoms with Crippen molar-refractivity contribution in [2.75, 3.05) is 6.61 Å². The van der Waals surface area contributed by atoms with Gasteiger partial charge in [0.1, 0.15) is 5.60 Å². The van der Waals surface area contributed by atoms with Crippen LogP contribution in [0.5, 0.6) is 0 Å². The van der Waals surface area contributed by atoms with Gasteiger partial charge in [-0.05, 0) is 39.2 Å². The van der Waals surface area contributed by atoms with Gasteiger partial charge in [-0.15, -0.1) is 0 Å². The summed E-state index contributed by atoms with van der Waals surface area (Å²) in [5.74, 6) is 0.0600. The van der Waals surface area contributed by atoms with Crippen LogP contribution in [0, 0.1) is 0 Å². The average Bonchev–Trinajstić information content (AvgIpc) is 2.63. The zero-order valence-corrected chi connectivity index (χ0v) is 17.6. The van der Waals surface area contributed by atoms with Gasteiger partial charge in [0, 0.05) is 12.2 Å². The third kappa shape index (κ3) is 8.98. The van der Waals surface area contributed by atoms with Gasteiger partial charge in [0.2, 0.25) is 0 Å². The van der Waals surface area contributed by atoms with Crippen molar-refractivity contribution in [2.24, 2.45) is 0 Å². The van der Waals surface area contributed by atoms with Gasteiger partial charge in [-0.2, -0.15) is 0 Å². The van der Waals surface area contributed by atoms with Crippen LogP contribution in [0.25, 0.3) is 0 Å². The molecule has 1 rings (SSSR count). The lowest BCUT2D eigenvalue weighted by Crippen LogP contribution is -2.35. The summed E-state index contributed by atoms with van der Waals surface area (Å²) in [5.41, 5.74) is 1.33. The monoisotopic (exact) mass is 360 g/mol. The maximum atomic E-state index is 12.5. The van der Waals surface area contributed by atoms with Crippen molar-refractivity contribution in [3.8, 4) is 0 Å². The van der Waals surface area contributed by atoms with Crippen molar-refractivity contribution in [2.45, 2.75) is 104 Å². The largest absolute Gasteiger partial charge is 0.368 e. The zero-order chi connectivity index (χ0) is 19.3. The molecule has 0 aliphatic heterocycles. The normalized spacial score (nSPS) is 11.7. The Hall–Kier alpha value is -1.15. The molecular formula is C24H40O2. The van der Waals surface area contributed by atoms with Crippen LogP contribution < -0.4 is 0 Å². The average molecular weight is 361 g/mol. The number of unbranched alkanes of at least 4 members (excludes halogenated alkanes) is 9. The lowest BCUT2D eigenvalue weighted by Gasteiger charge is -2.23. The van der Waals surface area contributed by atoms with Crippen molar-refractivity contribution in [1.29, 1.82) is 0 Å². The van der Waals surface area contributed by atoms with E-state index in [1.54, 1.807) is 0 Å². The van der Waals surface area contributed by atoms with Crippen LogP contribution in [0.1, 0.15) is 108 Å². The van der Waals surface area contributed by atoms with Gasteiger partial charge in [-0.3, -0.25) is 4.79 Å². The standard InChI is InChI=1S/C24H40O2/c1-5-7-8-9-10-11-12-13-14-15-16-21-17-19-22(20-18-21)23(25)24(3,4)26-6-2/h17-20H,5-16H2,1-4H3. The molecule has 26 heavy (non-hydrogen) atoms. The summed E-state index contributed by atoms with van der Waals surface area (Å²) in [6.45, 7) is 8.43. The van der Waals surface area contributed by atoms with Crippen LogP contribution >= 0.6 is 0 Å².